The van der Waals surface area contributed by atoms with Crippen molar-refractivity contribution < 1.29 is 10.0 Å². The van der Waals surface area contributed by atoms with E-state index >= 15 is 0 Å². The number of carbonyl (C=O) groups is 1. The monoisotopic (exact) mass is 356 g/mol. The van der Waals surface area contributed by atoms with Crippen molar-refractivity contribution in [1.82, 2.24) is 10.4 Å². The van der Waals surface area contributed by atoms with E-state index in [0.29, 0.717) is 5.92 Å². The number of carbonyl (C=O) groups excluding carboxylic acids is 1. The smallest absolute Gasteiger partial charge is 0.243 e. The third-order valence-corrected chi connectivity index (χ3v) is 4.54. The first-order valence-electron chi connectivity index (χ1n) is 9.73. The van der Waals surface area contributed by atoms with Crippen molar-refractivity contribution in [3.05, 3.63) is 53.1 Å². The van der Waals surface area contributed by atoms with Crippen LogP contribution in [0, 0.1) is 5.92 Å². The second kappa shape index (κ2) is 10.9. The number of fused-ring (bicyclic) bond motifs is 1. The Morgan fingerprint density at radius 1 is 1.19 bits per heavy atom. The largest absolute Gasteiger partial charge is 0.352 e. The van der Waals surface area contributed by atoms with E-state index in [9.17, 15) is 4.79 Å². The summed E-state index contributed by atoms with van der Waals surface area (Å²) in [5.41, 5.74) is 3.89. The molecule has 26 heavy (non-hydrogen) atoms. The summed E-state index contributed by atoms with van der Waals surface area (Å²) in [7, 11) is 0. The van der Waals surface area contributed by atoms with Crippen molar-refractivity contribution >= 4 is 12.0 Å². The summed E-state index contributed by atoms with van der Waals surface area (Å²) in [6.45, 7) is 6.65. The molecule has 4 nitrogen and oxygen atoms in total. The fraction of sp³-hybridized carbons (Fsp3) is 0.500. The highest BCUT2D eigenvalue weighted by Gasteiger charge is 2.08. The molecular weight excluding hydrogens is 324 g/mol. The minimum Gasteiger partial charge on any atom is -0.352 e. The Bertz CT molecular complexity index is 629. The van der Waals surface area contributed by atoms with Crippen molar-refractivity contribution in [3.8, 4) is 0 Å². The number of amides is 1. The fourth-order valence-electron chi connectivity index (χ4n) is 3.01. The molecule has 142 valence electrons. The van der Waals surface area contributed by atoms with Crippen LogP contribution in [-0.4, -0.2) is 35.8 Å². The van der Waals surface area contributed by atoms with E-state index in [1.54, 1.807) is 6.08 Å². The average Bonchev–Trinajstić information content (AvgIpc) is 2.65. The quantitative estimate of drug-likeness (QED) is 0.795. The first-order valence-corrected chi connectivity index (χ1v) is 9.73. The normalized spacial score (nSPS) is 17.3. The van der Waals surface area contributed by atoms with Gasteiger partial charge in [0.05, 0.1) is 0 Å². The highest BCUT2D eigenvalue weighted by Crippen LogP contribution is 2.24. The summed E-state index contributed by atoms with van der Waals surface area (Å²) >= 11 is 0. The lowest BCUT2D eigenvalue weighted by Crippen LogP contribution is -2.25. The molecule has 1 fully saturated rings. The molecular formula is C22H32N2O2. The summed E-state index contributed by atoms with van der Waals surface area (Å²) in [4.78, 5) is 11.6. The van der Waals surface area contributed by atoms with Crippen LogP contribution >= 0.6 is 0 Å². The topological polar surface area (TPSA) is 52.6 Å². The van der Waals surface area contributed by atoms with E-state index in [-0.39, 0.29) is 5.91 Å². The van der Waals surface area contributed by atoms with Crippen molar-refractivity contribution in [2.75, 3.05) is 19.6 Å². The van der Waals surface area contributed by atoms with Crippen molar-refractivity contribution in [3.63, 3.8) is 0 Å². The average molecular weight is 357 g/mol. The molecule has 1 saturated heterocycles. The minimum absolute atomic E-state index is 0.00606. The molecule has 0 unspecified atom stereocenters. The molecule has 1 aromatic rings. The van der Waals surface area contributed by atoms with E-state index in [1.807, 2.05) is 6.08 Å². The van der Waals surface area contributed by atoms with Crippen LogP contribution in [0.2, 0.25) is 0 Å². The zero-order valence-corrected chi connectivity index (χ0v) is 16.1. The van der Waals surface area contributed by atoms with Gasteiger partial charge in [-0.25, -0.2) is 0 Å². The number of nitrogens with zero attached hydrogens (tertiary/aromatic N) is 1. The number of benzene rings is 1. The van der Waals surface area contributed by atoms with Gasteiger partial charge in [0.15, 0.2) is 0 Å². The van der Waals surface area contributed by atoms with Crippen LogP contribution < -0.4 is 5.32 Å². The van der Waals surface area contributed by atoms with Gasteiger partial charge in [0, 0.05) is 25.7 Å². The maximum Gasteiger partial charge on any atom is 0.243 e. The van der Waals surface area contributed by atoms with E-state index in [4.69, 9.17) is 5.21 Å². The third kappa shape index (κ3) is 7.54. The van der Waals surface area contributed by atoms with Gasteiger partial charge in [0.2, 0.25) is 5.91 Å². The Balaban J connectivity index is 0.000000290. The maximum absolute atomic E-state index is 11.6. The van der Waals surface area contributed by atoms with Gasteiger partial charge in [0.25, 0.3) is 0 Å². The molecule has 0 radical (unpaired) electrons. The Morgan fingerprint density at radius 3 is 2.58 bits per heavy atom. The second-order valence-corrected chi connectivity index (χ2v) is 7.40. The fourth-order valence-corrected chi connectivity index (χ4v) is 3.01. The van der Waals surface area contributed by atoms with Crippen molar-refractivity contribution in [2.45, 2.75) is 46.0 Å². The van der Waals surface area contributed by atoms with E-state index in [1.165, 1.54) is 28.2 Å². The molecule has 2 aliphatic rings. The predicted molar refractivity (Wildman–Crippen MR) is 107 cm³/mol. The first kappa shape index (κ1) is 20.4. The van der Waals surface area contributed by atoms with Crippen LogP contribution in [0.25, 0.3) is 6.08 Å². The van der Waals surface area contributed by atoms with E-state index < -0.39 is 0 Å². The Morgan fingerprint density at radius 2 is 1.92 bits per heavy atom. The number of nitrogens with one attached hydrogen (secondary N) is 1. The van der Waals surface area contributed by atoms with E-state index in [2.05, 4.69) is 49.5 Å². The molecule has 3 rings (SSSR count). The predicted octanol–water partition coefficient (Wildman–Crippen LogP) is 4.21. The summed E-state index contributed by atoms with van der Waals surface area (Å²) in [6, 6.07) is 8.42. The van der Waals surface area contributed by atoms with Gasteiger partial charge in [0.1, 0.15) is 0 Å². The van der Waals surface area contributed by atoms with Crippen LogP contribution in [0.4, 0.5) is 0 Å². The summed E-state index contributed by atoms with van der Waals surface area (Å²) in [6.07, 6.45) is 11.4. The highest BCUT2D eigenvalue weighted by molar-refractivity contribution is 5.88. The van der Waals surface area contributed by atoms with Crippen LogP contribution in [0.5, 0.6) is 0 Å². The zero-order chi connectivity index (χ0) is 18.8. The summed E-state index contributed by atoms with van der Waals surface area (Å²) < 4.78 is 0. The first-order chi connectivity index (χ1) is 12.5. The summed E-state index contributed by atoms with van der Waals surface area (Å²) in [5.74, 6) is 0.478. The number of hydroxylamine groups is 2. The number of aryl methyl sites for hydroxylation is 1. The summed E-state index contributed by atoms with van der Waals surface area (Å²) in [5, 5.41) is 13.0. The molecule has 1 aliphatic heterocycles. The van der Waals surface area contributed by atoms with Gasteiger partial charge in [-0.05, 0) is 48.3 Å². The standard InChI is InChI=1S/C17H21NO.C5H11NO/c1-13(2)12-18-17(19)10-8-14-7-9-15-5-3-4-6-16(15)11-14;7-6-4-2-1-3-5-6/h3-6,8,10-11,13H,7,9,12H2,1-2H3,(H,18,19);7H,1-5H2. The lowest BCUT2D eigenvalue weighted by molar-refractivity contribution is -0.116. The number of allylic oxidation sites excluding steroid dienone is 2. The van der Waals surface area contributed by atoms with Crippen molar-refractivity contribution in [1.29, 1.82) is 0 Å². The van der Waals surface area contributed by atoms with Crippen LogP contribution in [0.3, 0.4) is 0 Å². The van der Waals surface area contributed by atoms with Gasteiger partial charge in [-0.1, -0.05) is 56.7 Å². The molecule has 1 aliphatic carbocycles. The van der Waals surface area contributed by atoms with Gasteiger partial charge in [-0.15, -0.1) is 0 Å². The highest BCUT2D eigenvalue weighted by atomic mass is 16.5. The minimum atomic E-state index is -0.00606. The molecule has 0 bridgehead atoms. The van der Waals surface area contributed by atoms with Crippen molar-refractivity contribution in [2.24, 2.45) is 5.92 Å². The molecule has 0 atom stereocenters. The number of rotatable bonds is 4. The Hall–Kier alpha value is -1.91. The lowest BCUT2D eigenvalue weighted by atomic mass is 9.92. The number of hydrogen-bond donors (Lipinski definition) is 2. The third-order valence-electron chi connectivity index (χ3n) is 4.54. The van der Waals surface area contributed by atoms with Gasteiger partial charge < -0.3 is 10.5 Å². The molecule has 4 heteroatoms. The molecule has 1 aromatic carbocycles. The number of hydrogen-bond acceptors (Lipinski definition) is 3. The lowest BCUT2D eigenvalue weighted by Gasteiger charge is -2.18. The molecule has 1 heterocycles. The van der Waals surface area contributed by atoms with Gasteiger partial charge >= 0.3 is 0 Å². The molecule has 0 spiro atoms. The molecule has 0 saturated carbocycles. The number of piperidine rings is 1. The van der Waals surface area contributed by atoms with Crippen LogP contribution in [0.15, 0.2) is 42.0 Å². The Labute approximate surface area is 157 Å². The van der Waals surface area contributed by atoms with E-state index in [0.717, 1.165) is 45.3 Å². The SMILES string of the molecule is CC(C)CNC(=O)C=CC1=Cc2ccccc2CC1.ON1CCCCC1. The van der Waals surface area contributed by atoms with Crippen LogP contribution in [0.1, 0.15) is 50.7 Å². The van der Waals surface area contributed by atoms with Gasteiger partial charge in [-0.3, -0.25) is 4.79 Å². The molecule has 2 N–H and O–H groups in total. The maximum atomic E-state index is 11.6. The zero-order valence-electron chi connectivity index (χ0n) is 16.1. The van der Waals surface area contributed by atoms with Crippen LogP contribution in [-0.2, 0) is 11.2 Å². The Kier molecular flexibility index (Phi) is 8.59. The second-order valence-electron chi connectivity index (χ2n) is 7.40. The molecule has 1 amide bonds. The van der Waals surface area contributed by atoms with Gasteiger partial charge in [-0.2, -0.15) is 5.06 Å². The molecule has 0 aromatic heterocycles.